The van der Waals surface area contributed by atoms with Crippen LogP contribution in [0.2, 0.25) is 0 Å². The molecule has 1 saturated carbocycles. The van der Waals surface area contributed by atoms with Crippen LogP contribution in [0.25, 0.3) is 0 Å². The molecule has 0 aromatic carbocycles. The van der Waals surface area contributed by atoms with Crippen LogP contribution >= 0.6 is 46.9 Å². The summed E-state index contributed by atoms with van der Waals surface area (Å²) in [4.78, 5) is 62.9. The molecule has 0 saturated heterocycles. The summed E-state index contributed by atoms with van der Waals surface area (Å²) in [7, 11) is -38.3. The average Bonchev–Trinajstić information content (AvgIpc) is 2.56. The first-order chi connectivity index (χ1) is 16.0. The zero-order valence-corrected chi connectivity index (χ0v) is 28.1. The van der Waals surface area contributed by atoms with Gasteiger partial charge in [0.1, 0.15) is 30.5 Å². The van der Waals surface area contributed by atoms with Gasteiger partial charge in [0.05, 0.1) is 0 Å². The molecule has 13 N–H and O–H groups in total. The second kappa shape index (κ2) is 14.8. The van der Waals surface area contributed by atoms with Gasteiger partial charge in [-0.1, -0.05) is 0 Å². The molecule has 0 heterocycles. The quantitative estimate of drug-likeness (QED) is 0.0505. The van der Waals surface area contributed by atoms with E-state index in [4.69, 9.17) is 19.6 Å². The van der Waals surface area contributed by atoms with Gasteiger partial charge in [0.2, 0.25) is 5.79 Å². The Kier molecular flexibility index (Phi) is 16.6. The summed E-state index contributed by atoms with van der Waals surface area (Å²) in [5.41, 5.74) is 0. The van der Waals surface area contributed by atoms with Crippen LogP contribution in [0.5, 0.6) is 0 Å². The van der Waals surface area contributed by atoms with Gasteiger partial charge < -0.3 is 67.7 Å². The van der Waals surface area contributed by atoms with Crippen molar-refractivity contribution in [3.05, 3.63) is 0 Å². The third-order valence-electron chi connectivity index (χ3n) is 3.49. The third kappa shape index (κ3) is 13.7. The van der Waals surface area contributed by atoms with Crippen molar-refractivity contribution in [3.63, 3.8) is 0 Å². The molecule has 226 valence electrons. The van der Waals surface area contributed by atoms with Crippen molar-refractivity contribution in [2.75, 3.05) is 0 Å². The molecule has 7 unspecified atom stereocenters. The minimum absolute atomic E-state index is 0. The number of hydrogen-bond donors (Lipinski definition) is 13. The summed E-state index contributed by atoms with van der Waals surface area (Å²) in [6, 6.07) is 0. The Morgan fingerprint density at radius 1 is 0.487 bits per heavy atom. The number of phosphoric acid groups is 6. The molecule has 0 spiro atoms. The molecule has 1 fully saturated rings. The van der Waals surface area contributed by atoms with Crippen molar-refractivity contribution in [1.29, 1.82) is 0 Å². The SMILES string of the molecule is O=P(O)(O)OP(=O)(O)OP(=O)(O)OP(=O)(O)OP(=O)(O)OP(=O)(O)OC1(O)[C@H](O)[C@H](O)C(O)[C@H](O)[C@H]1O.[H-].[H-].[Na+].[Na+]. The smallest absolute Gasteiger partial charge is 1.00 e. The van der Waals surface area contributed by atoms with E-state index in [1.165, 1.54) is 0 Å². The van der Waals surface area contributed by atoms with E-state index in [0.29, 0.717) is 0 Å². The predicted octanol–water partition coefficient (Wildman–Crippen LogP) is -9.58. The summed E-state index contributed by atoms with van der Waals surface area (Å²) < 4.78 is 88.7. The van der Waals surface area contributed by atoms with Gasteiger partial charge in [0.25, 0.3) is 0 Å². The fourth-order valence-electron chi connectivity index (χ4n) is 2.26. The van der Waals surface area contributed by atoms with Crippen molar-refractivity contribution < 1.29 is 180 Å². The first-order valence-electron chi connectivity index (χ1n) is 8.13. The van der Waals surface area contributed by atoms with Crippen molar-refractivity contribution in [1.82, 2.24) is 0 Å². The summed E-state index contributed by atoms with van der Waals surface area (Å²) in [6.07, 6.45) is -13.5. The molecule has 0 aromatic rings. The van der Waals surface area contributed by atoms with Gasteiger partial charge in [-0.3, -0.25) is 0 Å². The molecule has 0 radical (unpaired) electrons. The fourth-order valence-corrected chi connectivity index (χ4v) is 9.78. The van der Waals surface area contributed by atoms with Crippen LogP contribution in [-0.2, 0) is 53.5 Å². The van der Waals surface area contributed by atoms with Crippen molar-refractivity contribution in [3.8, 4) is 0 Å². The molecule has 33 heteroatoms. The zero-order chi connectivity index (χ0) is 29.6. The second-order valence-electron chi connectivity index (χ2n) is 6.45. The van der Waals surface area contributed by atoms with E-state index in [1.807, 2.05) is 0 Å². The molecular formula is C6H20Na2O25P6. The van der Waals surface area contributed by atoms with Crippen LogP contribution in [0.15, 0.2) is 0 Å². The van der Waals surface area contributed by atoms with Crippen molar-refractivity contribution >= 4 is 46.9 Å². The van der Waals surface area contributed by atoms with Crippen LogP contribution in [-0.4, -0.2) is 101 Å². The van der Waals surface area contributed by atoms with Gasteiger partial charge in [0.15, 0.2) is 0 Å². The van der Waals surface area contributed by atoms with Crippen LogP contribution < -0.4 is 59.1 Å². The van der Waals surface area contributed by atoms with Gasteiger partial charge in [0, 0.05) is 0 Å². The normalized spacial score (nSPS) is 35.5. The Balaban J connectivity index is -0.00000171. The van der Waals surface area contributed by atoms with Gasteiger partial charge >= 0.3 is 106 Å². The second-order valence-corrected chi connectivity index (χ2v) is 15.6. The molecule has 11 atom stereocenters. The van der Waals surface area contributed by atoms with Crippen LogP contribution in [0.4, 0.5) is 0 Å². The molecule has 1 aliphatic rings. The van der Waals surface area contributed by atoms with Crippen LogP contribution in [0.3, 0.4) is 0 Å². The Labute approximate surface area is 262 Å². The van der Waals surface area contributed by atoms with Gasteiger partial charge in [-0.05, 0) is 0 Å². The molecule has 0 amide bonds. The summed E-state index contributed by atoms with van der Waals surface area (Å²) in [5, 5.41) is 57.9. The average molecular weight is 724 g/mol. The van der Waals surface area contributed by atoms with E-state index in [0.717, 1.165) is 0 Å². The Morgan fingerprint density at radius 3 is 1.03 bits per heavy atom. The maximum atomic E-state index is 12.0. The number of hydrogen-bond acceptors (Lipinski definition) is 18. The molecule has 1 aliphatic carbocycles. The van der Waals surface area contributed by atoms with Crippen molar-refractivity contribution in [2.45, 2.75) is 36.3 Å². The largest absolute Gasteiger partial charge is 1.00 e. The molecular weight excluding hydrogens is 704 g/mol. The van der Waals surface area contributed by atoms with E-state index in [2.05, 4.69) is 26.1 Å². The summed E-state index contributed by atoms with van der Waals surface area (Å²) in [6.45, 7) is 0. The molecule has 0 bridgehead atoms. The molecule has 0 aromatic heterocycles. The molecule has 39 heavy (non-hydrogen) atoms. The van der Waals surface area contributed by atoms with Gasteiger partial charge in [-0.25, -0.2) is 31.9 Å². The zero-order valence-electron chi connectivity index (χ0n) is 20.8. The Morgan fingerprint density at radius 2 is 0.744 bits per heavy atom. The minimum Gasteiger partial charge on any atom is -1.00 e. The standard InChI is InChI=1S/C6H18O25P6.2Na.2H/c7-1-2(8)4(10)6(12,5(11)3(1)9)26-33(16,17)28-35(20,21)30-37(24,25)31-36(22,23)29-34(18,19)27-32(13,14)15;;;;/h1-5,7-12H,(H,16,17)(H,18,19)(H,20,21)(H,22,23)(H,24,25)(H2,13,14,15);;;;/q;2*+1;2*-1/t1?,2-,3+,4-,5-,6?;;;;/m1..../s1. The number of phosphoric ester groups is 1. The monoisotopic (exact) mass is 724 g/mol. The minimum atomic E-state index is -6.59. The number of aliphatic hydroxyl groups excluding tert-OH is 5. The maximum absolute atomic E-state index is 12.0. The van der Waals surface area contributed by atoms with E-state index in [9.17, 15) is 72.7 Å². The first kappa shape index (κ1) is 43.7. The molecule has 1 rings (SSSR count). The van der Waals surface area contributed by atoms with E-state index >= 15 is 0 Å². The van der Waals surface area contributed by atoms with E-state index in [1.54, 1.807) is 0 Å². The number of aliphatic hydroxyl groups is 6. The molecule has 0 aliphatic heterocycles. The summed E-state index contributed by atoms with van der Waals surface area (Å²) in [5.74, 6) is -3.96. The topological polar surface area (TPSA) is 421 Å². The Hall–Kier alpha value is 2.62. The van der Waals surface area contributed by atoms with E-state index < -0.39 is 83.2 Å². The van der Waals surface area contributed by atoms with Crippen LogP contribution in [0.1, 0.15) is 2.85 Å². The van der Waals surface area contributed by atoms with Crippen LogP contribution in [0, 0.1) is 0 Å². The maximum Gasteiger partial charge on any atom is 1.00 e. The van der Waals surface area contributed by atoms with Crippen molar-refractivity contribution in [2.24, 2.45) is 0 Å². The Bertz CT molecular complexity index is 1130. The number of rotatable bonds is 12. The van der Waals surface area contributed by atoms with Gasteiger partial charge in [-0.15, -0.1) is 0 Å². The van der Waals surface area contributed by atoms with Gasteiger partial charge in [-0.2, -0.15) is 21.6 Å². The van der Waals surface area contributed by atoms with E-state index in [-0.39, 0.29) is 62.0 Å². The predicted molar refractivity (Wildman–Crippen MR) is 105 cm³/mol. The fraction of sp³-hybridized carbons (Fsp3) is 1.00. The first-order valence-corrected chi connectivity index (χ1v) is 17.1. The summed E-state index contributed by atoms with van der Waals surface area (Å²) >= 11 is 0. The third-order valence-corrected chi connectivity index (χ3v) is 12.3. The molecule has 25 nitrogen and oxygen atoms in total.